The van der Waals surface area contributed by atoms with E-state index in [0.717, 1.165) is 33.8 Å². The van der Waals surface area contributed by atoms with Crippen LogP contribution in [0, 0.1) is 0 Å². The zero-order valence-corrected chi connectivity index (χ0v) is 21.8. The van der Waals surface area contributed by atoms with Crippen molar-refractivity contribution in [2.45, 2.75) is 0 Å². The molecule has 0 saturated carbocycles. The van der Waals surface area contributed by atoms with Crippen molar-refractivity contribution in [1.82, 2.24) is 14.0 Å². The van der Waals surface area contributed by atoms with Crippen LogP contribution in [0.2, 0.25) is 0 Å². The summed E-state index contributed by atoms with van der Waals surface area (Å²) in [7, 11) is 0. The molecular formula is C37H25N3. The first kappa shape index (κ1) is 22.6. The van der Waals surface area contributed by atoms with Crippen LogP contribution in [0.5, 0.6) is 0 Å². The minimum atomic E-state index is 0.940. The van der Waals surface area contributed by atoms with Gasteiger partial charge >= 0.3 is 0 Å². The molecule has 8 rings (SSSR count). The summed E-state index contributed by atoms with van der Waals surface area (Å²) in [5.41, 5.74) is 11.2. The van der Waals surface area contributed by atoms with Gasteiger partial charge < -0.3 is 4.57 Å². The maximum absolute atomic E-state index is 5.03. The van der Waals surface area contributed by atoms with E-state index in [9.17, 15) is 0 Å². The number of fused-ring (bicyclic) bond motifs is 4. The van der Waals surface area contributed by atoms with E-state index in [2.05, 4.69) is 149 Å². The summed E-state index contributed by atoms with van der Waals surface area (Å²) in [6, 6.07) is 51.6. The van der Waals surface area contributed by atoms with Crippen LogP contribution < -0.4 is 0 Å². The van der Waals surface area contributed by atoms with Gasteiger partial charge in [0.25, 0.3) is 0 Å². The standard InChI is InChI=1S/C37H25N3/c1-2-12-26(13-3-1)36-37(39-23-9-8-22-35(39)38-36)29-16-10-14-27(24-29)28-15-11-17-30(25-28)40-33-20-6-4-18-31(33)32-19-5-7-21-34(32)40/h1-25H. The Morgan fingerprint density at radius 1 is 0.450 bits per heavy atom. The van der Waals surface area contributed by atoms with Gasteiger partial charge in [-0.15, -0.1) is 0 Å². The molecule has 0 radical (unpaired) electrons. The predicted octanol–water partition coefficient (Wildman–Crippen LogP) is 9.43. The largest absolute Gasteiger partial charge is 0.309 e. The molecule has 0 fully saturated rings. The number of hydrogen-bond donors (Lipinski definition) is 0. The number of benzene rings is 5. The van der Waals surface area contributed by atoms with Crippen molar-refractivity contribution in [1.29, 1.82) is 0 Å². The second-order valence-electron chi connectivity index (χ2n) is 10.1. The summed E-state index contributed by atoms with van der Waals surface area (Å²) >= 11 is 0. The molecule has 0 aliphatic heterocycles. The lowest BCUT2D eigenvalue weighted by Crippen LogP contribution is -1.94. The fraction of sp³-hybridized carbons (Fsp3) is 0. The van der Waals surface area contributed by atoms with E-state index in [4.69, 9.17) is 4.98 Å². The molecule has 0 spiro atoms. The van der Waals surface area contributed by atoms with Gasteiger partial charge in [-0.3, -0.25) is 4.40 Å². The van der Waals surface area contributed by atoms with Crippen molar-refractivity contribution in [2.24, 2.45) is 0 Å². The van der Waals surface area contributed by atoms with Crippen LogP contribution >= 0.6 is 0 Å². The highest BCUT2D eigenvalue weighted by atomic mass is 15.0. The maximum Gasteiger partial charge on any atom is 0.137 e. The minimum Gasteiger partial charge on any atom is -0.309 e. The molecule has 0 N–H and O–H groups in total. The quantitative estimate of drug-likeness (QED) is 0.231. The van der Waals surface area contributed by atoms with Crippen molar-refractivity contribution < 1.29 is 0 Å². The summed E-state index contributed by atoms with van der Waals surface area (Å²) < 4.78 is 4.56. The fourth-order valence-electron chi connectivity index (χ4n) is 5.94. The molecule has 40 heavy (non-hydrogen) atoms. The Morgan fingerprint density at radius 2 is 1.05 bits per heavy atom. The van der Waals surface area contributed by atoms with E-state index < -0.39 is 0 Å². The number of nitrogens with zero attached hydrogens (tertiary/aromatic N) is 3. The third kappa shape index (κ3) is 3.56. The third-order valence-corrected chi connectivity index (χ3v) is 7.73. The molecule has 3 heteroatoms. The molecule has 0 atom stereocenters. The van der Waals surface area contributed by atoms with Gasteiger partial charge in [0, 0.05) is 33.8 Å². The first-order chi connectivity index (χ1) is 19.8. The molecule has 0 unspecified atom stereocenters. The zero-order valence-electron chi connectivity index (χ0n) is 21.8. The molecule has 0 bridgehead atoms. The summed E-state index contributed by atoms with van der Waals surface area (Å²) in [6.45, 7) is 0. The van der Waals surface area contributed by atoms with Gasteiger partial charge in [0.1, 0.15) is 5.65 Å². The SMILES string of the molecule is c1ccc(-c2nc3ccccn3c2-c2cccc(-c3cccc(-n4c5ccccc5c5ccccc54)c3)c2)cc1. The summed E-state index contributed by atoms with van der Waals surface area (Å²) in [5.74, 6) is 0. The van der Waals surface area contributed by atoms with E-state index in [1.807, 2.05) is 12.1 Å². The van der Waals surface area contributed by atoms with Crippen molar-refractivity contribution in [3.63, 3.8) is 0 Å². The summed E-state index contributed by atoms with van der Waals surface area (Å²) in [4.78, 5) is 5.03. The monoisotopic (exact) mass is 511 g/mol. The van der Waals surface area contributed by atoms with E-state index in [1.165, 1.54) is 32.9 Å². The highest BCUT2D eigenvalue weighted by Crippen LogP contribution is 2.36. The molecule has 5 aromatic carbocycles. The highest BCUT2D eigenvalue weighted by molar-refractivity contribution is 6.09. The Morgan fingerprint density at radius 3 is 1.82 bits per heavy atom. The van der Waals surface area contributed by atoms with E-state index in [-0.39, 0.29) is 0 Å². The Balaban J connectivity index is 1.30. The second kappa shape index (κ2) is 9.11. The van der Waals surface area contributed by atoms with Crippen LogP contribution in [0.25, 0.3) is 66.8 Å². The molecule has 8 aromatic rings. The van der Waals surface area contributed by atoms with Gasteiger partial charge in [-0.25, -0.2) is 4.98 Å². The minimum absolute atomic E-state index is 0.940. The van der Waals surface area contributed by atoms with Gasteiger partial charge in [0.05, 0.1) is 22.4 Å². The molecule has 3 heterocycles. The van der Waals surface area contributed by atoms with Crippen LogP contribution in [0.15, 0.2) is 152 Å². The number of para-hydroxylation sites is 2. The number of aromatic nitrogens is 3. The Kier molecular flexibility index (Phi) is 5.14. The number of hydrogen-bond acceptors (Lipinski definition) is 1. The summed E-state index contributed by atoms with van der Waals surface area (Å²) in [5, 5.41) is 2.54. The molecule has 188 valence electrons. The fourth-order valence-corrected chi connectivity index (χ4v) is 5.94. The molecule has 0 saturated heterocycles. The van der Waals surface area contributed by atoms with Crippen LogP contribution in [-0.2, 0) is 0 Å². The summed E-state index contributed by atoms with van der Waals surface area (Å²) in [6.07, 6.45) is 2.10. The molecule has 0 amide bonds. The van der Waals surface area contributed by atoms with Crippen LogP contribution in [0.4, 0.5) is 0 Å². The lowest BCUT2D eigenvalue weighted by molar-refractivity contribution is 1.18. The van der Waals surface area contributed by atoms with E-state index >= 15 is 0 Å². The predicted molar refractivity (Wildman–Crippen MR) is 166 cm³/mol. The molecule has 0 aliphatic carbocycles. The van der Waals surface area contributed by atoms with Crippen LogP contribution in [0.3, 0.4) is 0 Å². The highest BCUT2D eigenvalue weighted by Gasteiger charge is 2.17. The molecule has 3 aromatic heterocycles. The van der Waals surface area contributed by atoms with Crippen molar-refractivity contribution in [3.8, 4) is 39.3 Å². The first-order valence-corrected chi connectivity index (χ1v) is 13.6. The van der Waals surface area contributed by atoms with Crippen molar-refractivity contribution in [2.75, 3.05) is 0 Å². The topological polar surface area (TPSA) is 22.2 Å². The van der Waals surface area contributed by atoms with Crippen molar-refractivity contribution >= 4 is 27.5 Å². The third-order valence-electron chi connectivity index (χ3n) is 7.73. The number of imidazole rings is 1. The van der Waals surface area contributed by atoms with Gasteiger partial charge in [0.15, 0.2) is 0 Å². The Hall–Kier alpha value is -5.41. The van der Waals surface area contributed by atoms with Crippen LogP contribution in [-0.4, -0.2) is 14.0 Å². The average Bonchev–Trinajstić information content (AvgIpc) is 3.58. The Bertz CT molecular complexity index is 2110. The number of rotatable bonds is 4. The second-order valence-corrected chi connectivity index (χ2v) is 10.1. The smallest absolute Gasteiger partial charge is 0.137 e. The van der Waals surface area contributed by atoms with Crippen molar-refractivity contribution in [3.05, 3.63) is 152 Å². The van der Waals surface area contributed by atoms with Gasteiger partial charge in [-0.05, 0) is 53.6 Å². The molecular weight excluding hydrogens is 486 g/mol. The van der Waals surface area contributed by atoms with Gasteiger partial charge in [-0.1, -0.05) is 103 Å². The van der Waals surface area contributed by atoms with Crippen LogP contribution in [0.1, 0.15) is 0 Å². The average molecular weight is 512 g/mol. The molecule has 0 aliphatic rings. The zero-order chi connectivity index (χ0) is 26.5. The maximum atomic E-state index is 5.03. The van der Waals surface area contributed by atoms with E-state index in [0.29, 0.717) is 0 Å². The molecule has 3 nitrogen and oxygen atoms in total. The lowest BCUT2D eigenvalue weighted by atomic mass is 9.99. The first-order valence-electron chi connectivity index (χ1n) is 13.6. The van der Waals surface area contributed by atoms with Gasteiger partial charge in [0.2, 0.25) is 0 Å². The lowest BCUT2D eigenvalue weighted by Gasteiger charge is -2.12. The Labute approximate surface area is 232 Å². The van der Waals surface area contributed by atoms with E-state index in [1.54, 1.807) is 0 Å². The number of pyridine rings is 1. The normalized spacial score (nSPS) is 11.5. The van der Waals surface area contributed by atoms with Gasteiger partial charge in [-0.2, -0.15) is 0 Å².